The van der Waals surface area contributed by atoms with Crippen molar-refractivity contribution in [2.24, 2.45) is 7.05 Å². The molecule has 0 radical (unpaired) electrons. The predicted molar refractivity (Wildman–Crippen MR) is 55.3 cm³/mol. The van der Waals surface area contributed by atoms with Crippen molar-refractivity contribution in [3.05, 3.63) is 18.0 Å². The summed E-state index contributed by atoms with van der Waals surface area (Å²) in [7, 11) is 2.03. The minimum atomic E-state index is 0. The molecule has 74 valence electrons. The minimum Gasteiger partial charge on any atom is -0.317 e. The van der Waals surface area contributed by atoms with Crippen LogP contribution >= 0.6 is 12.4 Å². The first-order chi connectivity index (χ1) is 5.88. The highest BCUT2D eigenvalue weighted by Gasteiger charge is 2.17. The number of rotatable bonds is 1. The number of nitrogens with one attached hydrogen (secondary N) is 1. The lowest BCUT2D eigenvalue weighted by atomic mass is 9.95. The van der Waals surface area contributed by atoms with Crippen molar-refractivity contribution in [1.82, 2.24) is 15.1 Å². The van der Waals surface area contributed by atoms with Gasteiger partial charge in [0.15, 0.2) is 0 Å². The molecular weight excluding hydrogens is 186 g/mol. The summed E-state index contributed by atoms with van der Waals surface area (Å²) in [5.74, 6) is 0.721. The van der Waals surface area contributed by atoms with Crippen LogP contribution in [0.3, 0.4) is 0 Å². The van der Waals surface area contributed by atoms with Crippen LogP contribution in [0, 0.1) is 0 Å². The Labute approximate surface area is 84.9 Å². The van der Waals surface area contributed by atoms with E-state index in [2.05, 4.69) is 16.5 Å². The molecule has 3 nitrogen and oxygen atoms in total. The van der Waals surface area contributed by atoms with E-state index in [-0.39, 0.29) is 12.4 Å². The molecule has 0 unspecified atom stereocenters. The highest BCUT2D eigenvalue weighted by Crippen LogP contribution is 2.23. The lowest BCUT2D eigenvalue weighted by Crippen LogP contribution is -2.27. The Morgan fingerprint density at radius 3 is 2.69 bits per heavy atom. The molecule has 0 amide bonds. The third kappa shape index (κ3) is 2.23. The quantitative estimate of drug-likeness (QED) is 0.743. The molecule has 0 aromatic carbocycles. The third-order valence-electron chi connectivity index (χ3n) is 2.62. The number of aryl methyl sites for hydroxylation is 1. The van der Waals surface area contributed by atoms with E-state index in [0.29, 0.717) is 0 Å². The number of aromatic nitrogens is 2. The molecule has 0 spiro atoms. The number of halogens is 1. The van der Waals surface area contributed by atoms with Gasteiger partial charge in [0.25, 0.3) is 0 Å². The maximum Gasteiger partial charge on any atom is 0.0492 e. The van der Waals surface area contributed by atoms with Gasteiger partial charge >= 0.3 is 0 Å². The van der Waals surface area contributed by atoms with Gasteiger partial charge in [-0.3, -0.25) is 4.68 Å². The molecule has 2 heterocycles. The fourth-order valence-corrected chi connectivity index (χ4v) is 1.90. The summed E-state index contributed by atoms with van der Waals surface area (Å²) < 4.78 is 2.00. The number of hydrogen-bond donors (Lipinski definition) is 1. The summed E-state index contributed by atoms with van der Waals surface area (Å²) in [6.45, 7) is 2.30. The van der Waals surface area contributed by atoms with E-state index in [1.54, 1.807) is 0 Å². The Kier molecular flexibility index (Phi) is 3.75. The number of piperidine rings is 1. The Balaban J connectivity index is 0.000000845. The highest BCUT2D eigenvalue weighted by molar-refractivity contribution is 5.85. The second-order valence-electron chi connectivity index (χ2n) is 3.40. The standard InChI is InChI=1S/C9H15N3.ClH/c1-12-9(4-7-11-12)8-2-5-10-6-3-8;/h4,7-8,10H,2-3,5-6H2,1H3;1H. The molecule has 1 saturated heterocycles. The number of nitrogens with zero attached hydrogens (tertiary/aromatic N) is 2. The van der Waals surface area contributed by atoms with Crippen LogP contribution in [0.25, 0.3) is 0 Å². The lowest BCUT2D eigenvalue weighted by molar-refractivity contribution is 0.440. The summed E-state index contributed by atoms with van der Waals surface area (Å²) in [4.78, 5) is 0. The van der Waals surface area contributed by atoms with Crippen LogP contribution in [0.1, 0.15) is 24.5 Å². The van der Waals surface area contributed by atoms with Gasteiger partial charge in [0.1, 0.15) is 0 Å². The fourth-order valence-electron chi connectivity index (χ4n) is 1.90. The molecule has 4 heteroatoms. The summed E-state index contributed by atoms with van der Waals surface area (Å²) in [5, 5.41) is 7.55. The van der Waals surface area contributed by atoms with Gasteiger partial charge in [-0.25, -0.2) is 0 Å². The van der Waals surface area contributed by atoms with Gasteiger partial charge in [-0.15, -0.1) is 12.4 Å². The first-order valence-corrected chi connectivity index (χ1v) is 4.56. The monoisotopic (exact) mass is 201 g/mol. The van der Waals surface area contributed by atoms with Gasteiger partial charge < -0.3 is 5.32 Å². The molecule has 1 aliphatic heterocycles. The maximum atomic E-state index is 4.19. The molecule has 1 aliphatic rings. The van der Waals surface area contributed by atoms with Crippen molar-refractivity contribution < 1.29 is 0 Å². The molecule has 1 aromatic heterocycles. The van der Waals surface area contributed by atoms with Crippen molar-refractivity contribution in [3.8, 4) is 0 Å². The van der Waals surface area contributed by atoms with Crippen LogP contribution in [0.2, 0.25) is 0 Å². The van der Waals surface area contributed by atoms with Crippen molar-refractivity contribution in [2.75, 3.05) is 13.1 Å². The van der Waals surface area contributed by atoms with Gasteiger partial charge in [-0.05, 0) is 32.0 Å². The van der Waals surface area contributed by atoms with E-state index < -0.39 is 0 Å². The Morgan fingerprint density at radius 2 is 2.15 bits per heavy atom. The smallest absolute Gasteiger partial charge is 0.0492 e. The van der Waals surface area contributed by atoms with E-state index in [0.717, 1.165) is 19.0 Å². The SMILES string of the molecule is Cl.Cn1nccc1C1CCNCC1. The topological polar surface area (TPSA) is 29.9 Å². The summed E-state index contributed by atoms with van der Waals surface area (Å²) >= 11 is 0. The van der Waals surface area contributed by atoms with Gasteiger partial charge in [0.2, 0.25) is 0 Å². The minimum absolute atomic E-state index is 0. The molecule has 2 rings (SSSR count). The van der Waals surface area contributed by atoms with Gasteiger partial charge in [-0.2, -0.15) is 5.10 Å². The summed E-state index contributed by atoms with van der Waals surface area (Å²) in [6.07, 6.45) is 4.39. The Bertz CT molecular complexity index is 253. The molecule has 1 aromatic rings. The number of hydrogen-bond acceptors (Lipinski definition) is 2. The molecule has 0 saturated carbocycles. The van der Waals surface area contributed by atoms with Crippen molar-refractivity contribution in [1.29, 1.82) is 0 Å². The Morgan fingerprint density at radius 1 is 1.46 bits per heavy atom. The van der Waals surface area contributed by atoms with Crippen molar-refractivity contribution in [3.63, 3.8) is 0 Å². The fraction of sp³-hybridized carbons (Fsp3) is 0.667. The lowest BCUT2D eigenvalue weighted by Gasteiger charge is -2.22. The molecule has 1 fully saturated rings. The van der Waals surface area contributed by atoms with E-state index >= 15 is 0 Å². The normalized spacial score (nSPS) is 18.2. The van der Waals surface area contributed by atoms with Crippen LogP contribution in [-0.2, 0) is 7.05 Å². The average Bonchev–Trinajstić information content (AvgIpc) is 2.53. The first-order valence-electron chi connectivity index (χ1n) is 4.56. The summed E-state index contributed by atoms with van der Waals surface area (Å²) in [6, 6.07) is 2.13. The highest BCUT2D eigenvalue weighted by atomic mass is 35.5. The van der Waals surface area contributed by atoms with E-state index in [1.165, 1.54) is 18.5 Å². The third-order valence-corrected chi connectivity index (χ3v) is 2.62. The Hall–Kier alpha value is -0.540. The molecule has 0 bridgehead atoms. The zero-order valence-electron chi connectivity index (χ0n) is 7.86. The predicted octanol–water partition coefficient (Wildman–Crippen LogP) is 1.31. The average molecular weight is 202 g/mol. The van der Waals surface area contributed by atoms with E-state index in [4.69, 9.17) is 0 Å². The van der Waals surface area contributed by atoms with E-state index in [9.17, 15) is 0 Å². The molecule has 1 N–H and O–H groups in total. The van der Waals surface area contributed by atoms with E-state index in [1.807, 2.05) is 17.9 Å². The van der Waals surface area contributed by atoms with Crippen LogP contribution in [0.5, 0.6) is 0 Å². The molecule has 0 atom stereocenters. The molecule has 13 heavy (non-hydrogen) atoms. The maximum absolute atomic E-state index is 4.19. The second-order valence-corrected chi connectivity index (χ2v) is 3.40. The van der Waals surface area contributed by atoms with Gasteiger partial charge in [0.05, 0.1) is 0 Å². The zero-order valence-corrected chi connectivity index (χ0v) is 8.68. The van der Waals surface area contributed by atoms with Crippen LogP contribution in [-0.4, -0.2) is 22.9 Å². The van der Waals surface area contributed by atoms with Crippen molar-refractivity contribution >= 4 is 12.4 Å². The summed E-state index contributed by atoms with van der Waals surface area (Å²) in [5.41, 5.74) is 1.39. The molecular formula is C9H16ClN3. The van der Waals surface area contributed by atoms with Gasteiger partial charge in [0, 0.05) is 24.9 Å². The molecule has 0 aliphatic carbocycles. The van der Waals surface area contributed by atoms with Crippen LogP contribution in [0.15, 0.2) is 12.3 Å². The first kappa shape index (κ1) is 10.5. The van der Waals surface area contributed by atoms with Crippen LogP contribution in [0.4, 0.5) is 0 Å². The van der Waals surface area contributed by atoms with Crippen molar-refractivity contribution in [2.45, 2.75) is 18.8 Å². The van der Waals surface area contributed by atoms with Gasteiger partial charge in [-0.1, -0.05) is 0 Å². The second kappa shape index (κ2) is 4.63. The van der Waals surface area contributed by atoms with Crippen LogP contribution < -0.4 is 5.32 Å². The largest absolute Gasteiger partial charge is 0.317 e. The zero-order chi connectivity index (χ0) is 8.39.